The number of amides is 1. The lowest BCUT2D eigenvalue weighted by Crippen LogP contribution is -2.39. The molecule has 2 rings (SSSR count). The molecule has 0 bridgehead atoms. The van der Waals surface area contributed by atoms with Gasteiger partial charge in [-0.15, -0.1) is 0 Å². The number of carbonyl (C=O) groups is 3. The van der Waals surface area contributed by atoms with E-state index < -0.39 is 45.2 Å². The Hall–Kier alpha value is -3.06. The molecule has 1 aliphatic heterocycles. The van der Waals surface area contributed by atoms with Crippen molar-refractivity contribution in [2.45, 2.75) is 38.2 Å². The maximum Gasteiger partial charge on any atom is 0.410 e. The van der Waals surface area contributed by atoms with Gasteiger partial charge in [-0.25, -0.2) is 4.79 Å². The van der Waals surface area contributed by atoms with E-state index >= 15 is 0 Å². The Morgan fingerprint density at radius 2 is 1.91 bits per heavy atom. The minimum Gasteiger partial charge on any atom is -0.466 e. The molecule has 0 N–H and O–H groups in total. The van der Waals surface area contributed by atoms with Crippen LogP contribution in [-0.4, -0.2) is 68.5 Å². The highest BCUT2D eigenvalue weighted by atomic mass is 32.2. The van der Waals surface area contributed by atoms with Gasteiger partial charge in [0.1, 0.15) is 12.7 Å². The number of non-ortho nitro benzene ring substituents is 1. The first-order valence-electron chi connectivity index (χ1n) is 9.64. The number of hydrogen-bond acceptors (Lipinski definition) is 10. The van der Waals surface area contributed by atoms with Crippen LogP contribution in [0.5, 0.6) is 0 Å². The van der Waals surface area contributed by atoms with E-state index in [0.717, 1.165) is 29.2 Å². The molecule has 0 spiro atoms. The topological polar surface area (TPSA) is 159 Å². The molecule has 13 heteroatoms. The van der Waals surface area contributed by atoms with E-state index in [-0.39, 0.29) is 42.5 Å². The number of benzene rings is 1. The number of Topliss-reactive ketones (excluding diaryl/α,β-unsaturated/α-hetero) is 1. The summed E-state index contributed by atoms with van der Waals surface area (Å²) >= 11 is 0. The van der Waals surface area contributed by atoms with Crippen LogP contribution in [0.15, 0.2) is 29.2 Å². The number of cyclic esters (lactones) is 1. The molecule has 0 aromatic heterocycles. The summed E-state index contributed by atoms with van der Waals surface area (Å²) in [5.74, 6) is -0.917. The van der Waals surface area contributed by atoms with Crippen LogP contribution < -0.4 is 0 Å². The van der Waals surface area contributed by atoms with E-state index in [1.165, 1.54) is 0 Å². The van der Waals surface area contributed by atoms with Crippen LogP contribution in [0, 0.1) is 15.5 Å². The van der Waals surface area contributed by atoms with Crippen LogP contribution in [0.2, 0.25) is 0 Å². The molecule has 176 valence electrons. The molecule has 0 saturated carbocycles. The van der Waals surface area contributed by atoms with Crippen molar-refractivity contribution in [3.8, 4) is 0 Å². The first kappa shape index (κ1) is 25.2. The summed E-state index contributed by atoms with van der Waals surface area (Å²) in [5, 5.41) is 10.7. The number of hydrogen-bond donors (Lipinski definition) is 0. The van der Waals surface area contributed by atoms with Crippen LogP contribution in [0.3, 0.4) is 0 Å². The third kappa shape index (κ3) is 6.47. The third-order valence-corrected chi connectivity index (χ3v) is 5.97. The van der Waals surface area contributed by atoms with Gasteiger partial charge in [0, 0.05) is 17.5 Å². The van der Waals surface area contributed by atoms with Crippen LogP contribution in [0.25, 0.3) is 0 Å². The number of ether oxygens (including phenoxy) is 2. The number of esters is 1. The Labute approximate surface area is 184 Å². The second kappa shape index (κ2) is 10.0. The van der Waals surface area contributed by atoms with Crippen LogP contribution in [0.1, 0.15) is 27.2 Å². The summed E-state index contributed by atoms with van der Waals surface area (Å²) in [5.41, 5.74) is -1.35. The van der Waals surface area contributed by atoms with Crippen molar-refractivity contribution in [1.29, 1.82) is 0 Å². The second-order valence-corrected chi connectivity index (χ2v) is 9.28. The SMILES string of the molecule is CCOC(=O)CC(C)(C)C(=O)CN1C[C@H](COS(=O)(=O)c2ccc([N+](=O)[O-])cc2)OC1=O. The largest absolute Gasteiger partial charge is 0.466 e. The van der Waals surface area contributed by atoms with Gasteiger partial charge in [0.2, 0.25) is 0 Å². The summed E-state index contributed by atoms with van der Waals surface area (Å²) < 4.78 is 39.3. The second-order valence-electron chi connectivity index (χ2n) is 7.66. The molecule has 0 radical (unpaired) electrons. The predicted octanol–water partition coefficient (Wildman–Crippen LogP) is 1.67. The maximum absolute atomic E-state index is 12.6. The van der Waals surface area contributed by atoms with Crippen molar-refractivity contribution in [3.63, 3.8) is 0 Å². The number of nitrogens with zero attached hydrogens (tertiary/aromatic N) is 2. The van der Waals surface area contributed by atoms with Crippen molar-refractivity contribution in [2.75, 3.05) is 26.3 Å². The Morgan fingerprint density at radius 3 is 2.47 bits per heavy atom. The van der Waals surface area contributed by atoms with Gasteiger partial charge in [-0.1, -0.05) is 13.8 Å². The smallest absolute Gasteiger partial charge is 0.410 e. The van der Waals surface area contributed by atoms with Crippen LogP contribution in [0.4, 0.5) is 10.5 Å². The van der Waals surface area contributed by atoms with Crippen LogP contribution >= 0.6 is 0 Å². The highest BCUT2D eigenvalue weighted by molar-refractivity contribution is 7.86. The molecule has 1 fully saturated rings. The fourth-order valence-electron chi connectivity index (χ4n) is 2.82. The lowest BCUT2D eigenvalue weighted by atomic mass is 9.84. The molecule has 1 aliphatic rings. The van der Waals surface area contributed by atoms with Gasteiger partial charge in [0.05, 0.1) is 35.9 Å². The quantitative estimate of drug-likeness (QED) is 0.201. The minimum atomic E-state index is -4.24. The van der Waals surface area contributed by atoms with Crippen molar-refractivity contribution < 1.29 is 41.4 Å². The molecule has 1 amide bonds. The van der Waals surface area contributed by atoms with Gasteiger partial charge in [-0.2, -0.15) is 8.42 Å². The van der Waals surface area contributed by atoms with Crippen molar-refractivity contribution in [2.24, 2.45) is 5.41 Å². The summed E-state index contributed by atoms with van der Waals surface area (Å²) in [6, 6.07) is 4.11. The molecule has 32 heavy (non-hydrogen) atoms. The molecule has 0 unspecified atom stereocenters. The zero-order valence-corrected chi connectivity index (χ0v) is 18.6. The van der Waals surface area contributed by atoms with Gasteiger partial charge in [0.15, 0.2) is 5.78 Å². The Bertz CT molecular complexity index is 988. The fraction of sp³-hybridized carbons (Fsp3) is 0.526. The number of nitro benzene ring substituents is 1. The average molecular weight is 472 g/mol. The minimum absolute atomic E-state index is 0.0875. The molecule has 1 aromatic rings. The number of nitro groups is 1. The molecular formula is C19H24N2O10S. The van der Waals surface area contributed by atoms with Crippen molar-refractivity contribution in [3.05, 3.63) is 34.4 Å². The van der Waals surface area contributed by atoms with E-state index in [1.807, 2.05) is 0 Å². The molecule has 1 atom stereocenters. The number of ketones is 1. The highest BCUT2D eigenvalue weighted by Crippen LogP contribution is 2.25. The van der Waals surface area contributed by atoms with E-state index in [4.69, 9.17) is 13.7 Å². The average Bonchev–Trinajstić information content (AvgIpc) is 3.05. The molecule has 1 heterocycles. The lowest BCUT2D eigenvalue weighted by Gasteiger charge is -2.24. The summed E-state index contributed by atoms with van der Waals surface area (Å²) in [7, 11) is -4.24. The summed E-state index contributed by atoms with van der Waals surface area (Å²) in [6.45, 7) is 4.05. The molecule has 1 saturated heterocycles. The number of carbonyl (C=O) groups excluding carboxylic acids is 3. The molecular weight excluding hydrogens is 448 g/mol. The maximum atomic E-state index is 12.6. The van der Waals surface area contributed by atoms with Gasteiger partial charge < -0.3 is 9.47 Å². The Morgan fingerprint density at radius 1 is 1.28 bits per heavy atom. The number of rotatable bonds is 11. The highest BCUT2D eigenvalue weighted by Gasteiger charge is 2.38. The first-order valence-corrected chi connectivity index (χ1v) is 11.0. The standard InChI is InChI=1S/C19H24N2O10S/c1-4-29-17(23)9-19(2,3)16(22)11-20-10-14(31-18(20)24)12-30-32(27,28)15-7-5-13(6-8-15)21(25)26/h5-8,14H,4,9-12H2,1-3H3/t14-/m1/s1. The van der Waals surface area contributed by atoms with Crippen molar-refractivity contribution in [1.82, 2.24) is 4.90 Å². The van der Waals surface area contributed by atoms with Gasteiger partial charge in [0.25, 0.3) is 15.8 Å². The van der Waals surface area contributed by atoms with Gasteiger partial charge >= 0.3 is 12.1 Å². The van der Waals surface area contributed by atoms with E-state index in [0.29, 0.717) is 0 Å². The van der Waals surface area contributed by atoms with E-state index in [1.54, 1.807) is 20.8 Å². The molecule has 1 aromatic carbocycles. The van der Waals surface area contributed by atoms with E-state index in [2.05, 4.69) is 0 Å². The van der Waals surface area contributed by atoms with Crippen LogP contribution in [-0.2, 0) is 33.4 Å². The Balaban J connectivity index is 1.92. The molecule has 12 nitrogen and oxygen atoms in total. The lowest BCUT2D eigenvalue weighted by molar-refractivity contribution is -0.384. The predicted molar refractivity (Wildman–Crippen MR) is 108 cm³/mol. The zero-order chi connectivity index (χ0) is 24.1. The fourth-order valence-corrected chi connectivity index (χ4v) is 3.75. The third-order valence-electron chi connectivity index (χ3n) is 4.68. The van der Waals surface area contributed by atoms with E-state index in [9.17, 15) is 32.9 Å². The normalized spacial score (nSPS) is 16.5. The van der Waals surface area contributed by atoms with Gasteiger partial charge in [-0.3, -0.25) is 28.8 Å². The first-order chi connectivity index (χ1) is 14.9. The molecule has 0 aliphatic carbocycles. The Kier molecular flexibility index (Phi) is 7.91. The zero-order valence-electron chi connectivity index (χ0n) is 17.8. The summed E-state index contributed by atoms with van der Waals surface area (Å²) in [4.78, 5) is 47.1. The monoisotopic (exact) mass is 472 g/mol. The summed E-state index contributed by atoms with van der Waals surface area (Å²) in [6.07, 6.45) is -1.91. The van der Waals surface area contributed by atoms with Gasteiger partial charge in [-0.05, 0) is 19.1 Å². The van der Waals surface area contributed by atoms with Crippen molar-refractivity contribution >= 4 is 33.7 Å².